The third-order valence-corrected chi connectivity index (χ3v) is 2.99. The van der Waals surface area contributed by atoms with Crippen LogP contribution in [0, 0.1) is 5.21 Å². The van der Waals surface area contributed by atoms with Crippen LogP contribution in [-0.2, 0) is 0 Å². The van der Waals surface area contributed by atoms with Crippen molar-refractivity contribution < 1.29 is 4.74 Å². The van der Waals surface area contributed by atoms with E-state index in [1.165, 1.54) is 6.21 Å². The second-order valence-corrected chi connectivity index (χ2v) is 5.59. The first-order valence-electron chi connectivity index (χ1n) is 5.36. The monoisotopic (exact) mass is 249 g/mol. The Kier molecular flexibility index (Phi) is 3.02. The molecule has 0 aliphatic carbocycles. The summed E-state index contributed by atoms with van der Waals surface area (Å²) in [6.07, 6.45) is 3.25. The van der Waals surface area contributed by atoms with Gasteiger partial charge in [-0.25, -0.2) is 9.72 Å². The van der Waals surface area contributed by atoms with Crippen LogP contribution in [0.15, 0.2) is 23.0 Å². The Labute approximate surface area is 104 Å². The first-order chi connectivity index (χ1) is 7.97. The first kappa shape index (κ1) is 11.9. The highest BCUT2D eigenvalue weighted by Crippen LogP contribution is 2.18. The number of aromatic amines is 1. The van der Waals surface area contributed by atoms with E-state index < -0.39 is 5.54 Å². The lowest BCUT2D eigenvalue weighted by molar-refractivity contribution is -0.530. The maximum Gasteiger partial charge on any atom is 0.202 e. The molecule has 0 saturated carbocycles. The number of thiophene rings is 1. The second-order valence-electron chi connectivity index (χ2n) is 4.81. The summed E-state index contributed by atoms with van der Waals surface area (Å²) in [7, 11) is 0. The van der Waals surface area contributed by atoms with Gasteiger partial charge in [-0.05, 0) is 11.4 Å². The van der Waals surface area contributed by atoms with Crippen LogP contribution >= 0.6 is 11.3 Å². The maximum atomic E-state index is 11.7. The molecule has 2 rings (SSSR count). The number of hydrogen-bond donors (Lipinski definition) is 1. The molecule has 1 N–H and O–H groups in total. The lowest BCUT2D eigenvalue weighted by Crippen LogP contribution is -2.29. The largest absolute Gasteiger partial charge is 0.623 e. The predicted molar refractivity (Wildman–Crippen MR) is 70.4 cm³/mol. The lowest BCUT2D eigenvalue weighted by Gasteiger charge is -2.17. The van der Waals surface area contributed by atoms with Gasteiger partial charge in [-0.15, -0.1) is 0 Å². The zero-order valence-corrected chi connectivity index (χ0v) is 10.9. The SMILES string of the molecule is CC(C)(C)/[N+]([O-])=C/c1c[nH]c(-c2ccsc2)n1. The summed E-state index contributed by atoms with van der Waals surface area (Å²) in [6, 6.07) is 1.99. The molecular formula is C12H15N3OS. The second kappa shape index (κ2) is 4.33. The molecule has 0 spiro atoms. The van der Waals surface area contributed by atoms with Gasteiger partial charge in [0.05, 0.1) is 0 Å². The molecule has 0 saturated heterocycles. The smallest absolute Gasteiger partial charge is 0.202 e. The van der Waals surface area contributed by atoms with Crippen molar-refractivity contribution in [3.8, 4) is 11.4 Å². The van der Waals surface area contributed by atoms with Crippen molar-refractivity contribution in [3.05, 3.63) is 33.9 Å². The molecule has 0 atom stereocenters. The Morgan fingerprint density at radius 1 is 1.47 bits per heavy atom. The van der Waals surface area contributed by atoms with E-state index in [1.807, 2.05) is 37.6 Å². The molecule has 90 valence electrons. The summed E-state index contributed by atoms with van der Waals surface area (Å²) in [5.41, 5.74) is 1.25. The number of rotatable bonds is 2. The van der Waals surface area contributed by atoms with Crippen LogP contribution in [0.5, 0.6) is 0 Å². The van der Waals surface area contributed by atoms with Gasteiger partial charge in [-0.2, -0.15) is 11.3 Å². The van der Waals surface area contributed by atoms with E-state index in [9.17, 15) is 5.21 Å². The van der Waals surface area contributed by atoms with Gasteiger partial charge >= 0.3 is 0 Å². The van der Waals surface area contributed by atoms with Crippen LogP contribution in [0.1, 0.15) is 26.5 Å². The zero-order valence-electron chi connectivity index (χ0n) is 10.1. The molecule has 0 aromatic carbocycles. The summed E-state index contributed by atoms with van der Waals surface area (Å²) in [4.78, 5) is 7.42. The van der Waals surface area contributed by atoms with Crippen LogP contribution in [-0.4, -0.2) is 26.5 Å². The first-order valence-corrected chi connectivity index (χ1v) is 6.30. The number of H-pyrrole nitrogens is 1. The van der Waals surface area contributed by atoms with Crippen LogP contribution in [0.4, 0.5) is 0 Å². The van der Waals surface area contributed by atoms with Crippen molar-refractivity contribution in [1.82, 2.24) is 9.97 Å². The fourth-order valence-electron chi connectivity index (χ4n) is 1.26. The lowest BCUT2D eigenvalue weighted by atomic mass is 10.1. The molecule has 0 fully saturated rings. The fraction of sp³-hybridized carbons (Fsp3) is 0.333. The van der Waals surface area contributed by atoms with Gasteiger partial charge in [-0.3, -0.25) is 0 Å². The molecule has 2 aromatic heterocycles. The predicted octanol–water partition coefficient (Wildman–Crippen LogP) is 2.87. The summed E-state index contributed by atoms with van der Waals surface area (Å²) in [6.45, 7) is 5.59. The highest BCUT2D eigenvalue weighted by atomic mass is 32.1. The van der Waals surface area contributed by atoms with Crippen LogP contribution < -0.4 is 0 Å². The van der Waals surface area contributed by atoms with E-state index in [2.05, 4.69) is 9.97 Å². The third kappa shape index (κ3) is 2.74. The molecule has 0 unspecified atom stereocenters. The van der Waals surface area contributed by atoms with Gasteiger partial charge in [0.15, 0.2) is 5.54 Å². The van der Waals surface area contributed by atoms with Crippen LogP contribution in [0.2, 0.25) is 0 Å². The number of aromatic nitrogens is 2. The van der Waals surface area contributed by atoms with E-state index in [1.54, 1.807) is 17.5 Å². The molecule has 17 heavy (non-hydrogen) atoms. The Morgan fingerprint density at radius 2 is 2.24 bits per heavy atom. The molecule has 0 amide bonds. The van der Waals surface area contributed by atoms with Crippen molar-refractivity contribution >= 4 is 17.6 Å². The number of nitrogens with zero attached hydrogens (tertiary/aromatic N) is 2. The highest BCUT2D eigenvalue weighted by Gasteiger charge is 2.18. The molecule has 4 nitrogen and oxygen atoms in total. The normalized spacial score (nSPS) is 13.0. The number of hydrogen-bond acceptors (Lipinski definition) is 3. The van der Waals surface area contributed by atoms with Gasteiger partial charge < -0.3 is 10.2 Å². The standard InChI is InChI=1S/C12H15N3OS/c1-12(2,3)15(16)7-10-6-13-11(14-10)9-4-5-17-8-9/h4-8H,1-3H3,(H,13,14)/b15-7-. The molecule has 0 aliphatic rings. The maximum absolute atomic E-state index is 11.7. The Bertz CT molecular complexity index is 520. The summed E-state index contributed by atoms with van der Waals surface area (Å²) < 4.78 is 0.917. The van der Waals surface area contributed by atoms with Gasteiger partial charge in [0.2, 0.25) is 6.21 Å². The molecule has 2 heterocycles. The van der Waals surface area contributed by atoms with Gasteiger partial charge in [0.25, 0.3) is 0 Å². The average Bonchev–Trinajstić information content (AvgIpc) is 2.83. The summed E-state index contributed by atoms with van der Waals surface area (Å²) in [5, 5.41) is 15.8. The Hall–Kier alpha value is -1.62. The quantitative estimate of drug-likeness (QED) is 0.385. The van der Waals surface area contributed by atoms with Crippen molar-refractivity contribution in [2.45, 2.75) is 26.3 Å². The average molecular weight is 249 g/mol. The summed E-state index contributed by atoms with van der Waals surface area (Å²) in [5.74, 6) is 0.791. The fourth-order valence-corrected chi connectivity index (χ4v) is 1.90. The van der Waals surface area contributed by atoms with Crippen molar-refractivity contribution in [2.75, 3.05) is 0 Å². The number of imidazole rings is 1. The van der Waals surface area contributed by atoms with E-state index in [4.69, 9.17) is 0 Å². The van der Waals surface area contributed by atoms with Crippen LogP contribution in [0.3, 0.4) is 0 Å². The Morgan fingerprint density at radius 3 is 2.82 bits per heavy atom. The topological polar surface area (TPSA) is 54.8 Å². The van der Waals surface area contributed by atoms with E-state index in [0.29, 0.717) is 5.69 Å². The number of hydroxylamine groups is 1. The molecule has 0 aliphatic heterocycles. The minimum atomic E-state index is -0.443. The minimum absolute atomic E-state index is 0.443. The van der Waals surface area contributed by atoms with E-state index in [-0.39, 0.29) is 0 Å². The van der Waals surface area contributed by atoms with Gasteiger partial charge in [0.1, 0.15) is 11.5 Å². The minimum Gasteiger partial charge on any atom is -0.623 e. The number of nitrogens with one attached hydrogen (secondary N) is 1. The Balaban J connectivity index is 2.26. The molecule has 0 bridgehead atoms. The zero-order chi connectivity index (χ0) is 12.5. The van der Waals surface area contributed by atoms with Crippen molar-refractivity contribution in [2.24, 2.45) is 0 Å². The van der Waals surface area contributed by atoms with Gasteiger partial charge in [0, 0.05) is 37.9 Å². The highest BCUT2D eigenvalue weighted by molar-refractivity contribution is 7.08. The van der Waals surface area contributed by atoms with Crippen molar-refractivity contribution in [3.63, 3.8) is 0 Å². The molecule has 5 heteroatoms. The molecule has 0 radical (unpaired) electrons. The van der Waals surface area contributed by atoms with Crippen molar-refractivity contribution in [1.29, 1.82) is 0 Å². The molecular weight excluding hydrogens is 234 g/mol. The van der Waals surface area contributed by atoms with E-state index >= 15 is 0 Å². The van der Waals surface area contributed by atoms with Crippen LogP contribution in [0.25, 0.3) is 11.4 Å². The van der Waals surface area contributed by atoms with Gasteiger partial charge in [-0.1, -0.05) is 0 Å². The van der Waals surface area contributed by atoms with E-state index in [0.717, 1.165) is 16.1 Å². The molecule has 2 aromatic rings. The third-order valence-electron chi connectivity index (χ3n) is 2.30. The summed E-state index contributed by atoms with van der Waals surface area (Å²) >= 11 is 1.62.